The lowest BCUT2D eigenvalue weighted by Gasteiger charge is -2.31. The predicted molar refractivity (Wildman–Crippen MR) is 107 cm³/mol. The van der Waals surface area contributed by atoms with Gasteiger partial charge in [-0.15, -0.1) is 0 Å². The van der Waals surface area contributed by atoms with E-state index < -0.39 is 10.0 Å². The first-order valence-electron chi connectivity index (χ1n) is 9.60. The van der Waals surface area contributed by atoms with Crippen LogP contribution in [0.2, 0.25) is 0 Å². The Kier molecular flexibility index (Phi) is 5.47. The van der Waals surface area contributed by atoms with Crippen molar-refractivity contribution in [2.45, 2.75) is 30.2 Å². The molecular weight excluding hydrogens is 391 g/mol. The lowest BCUT2D eigenvalue weighted by Crippen LogP contribution is -2.39. The highest BCUT2D eigenvalue weighted by Gasteiger charge is 2.32. The zero-order valence-electron chi connectivity index (χ0n) is 16.2. The van der Waals surface area contributed by atoms with Gasteiger partial charge in [0, 0.05) is 50.1 Å². The summed E-state index contributed by atoms with van der Waals surface area (Å²) in [5.41, 5.74) is 2.77. The topological polar surface area (TPSA) is 68.1 Å². The van der Waals surface area contributed by atoms with Crippen molar-refractivity contribution in [3.05, 3.63) is 77.8 Å². The largest absolute Gasteiger partial charge is 0.339 e. The number of aromatic nitrogens is 3. The van der Waals surface area contributed by atoms with Crippen LogP contribution in [-0.4, -0.2) is 40.3 Å². The summed E-state index contributed by atoms with van der Waals surface area (Å²) in [6, 6.07) is 12.2. The first kappa shape index (κ1) is 19.7. The van der Waals surface area contributed by atoms with E-state index in [0.29, 0.717) is 19.5 Å². The zero-order chi connectivity index (χ0) is 20.4. The quantitative estimate of drug-likeness (QED) is 0.643. The predicted octanol–water partition coefficient (Wildman–Crippen LogP) is 3.11. The Bertz CT molecular complexity index is 1100. The van der Waals surface area contributed by atoms with E-state index in [1.54, 1.807) is 23.7 Å². The van der Waals surface area contributed by atoms with E-state index in [9.17, 15) is 12.8 Å². The molecule has 29 heavy (non-hydrogen) atoms. The lowest BCUT2D eigenvalue weighted by atomic mass is 9.95. The molecule has 1 atom stereocenters. The summed E-state index contributed by atoms with van der Waals surface area (Å²) in [6.07, 6.45) is 5.30. The maximum atomic E-state index is 13.1. The van der Waals surface area contributed by atoms with E-state index in [1.807, 2.05) is 18.2 Å². The van der Waals surface area contributed by atoms with Gasteiger partial charge in [0.1, 0.15) is 5.82 Å². The molecule has 0 amide bonds. The molecule has 3 heterocycles. The van der Waals surface area contributed by atoms with E-state index in [2.05, 4.69) is 4.98 Å². The molecule has 2 aromatic heterocycles. The number of sulfonamides is 1. The van der Waals surface area contributed by atoms with Gasteiger partial charge in [0.05, 0.1) is 6.33 Å². The van der Waals surface area contributed by atoms with E-state index in [4.69, 9.17) is 4.98 Å². The molecule has 0 aliphatic carbocycles. The van der Waals surface area contributed by atoms with Crippen molar-refractivity contribution in [1.29, 1.82) is 0 Å². The Hall–Kier alpha value is -2.58. The van der Waals surface area contributed by atoms with Gasteiger partial charge in [-0.3, -0.25) is 4.98 Å². The molecule has 152 valence electrons. The van der Waals surface area contributed by atoms with Crippen LogP contribution < -0.4 is 0 Å². The number of hydrogen-bond acceptors (Lipinski definition) is 4. The third kappa shape index (κ3) is 4.38. The number of piperidine rings is 1. The Morgan fingerprint density at radius 2 is 1.97 bits per heavy atom. The summed E-state index contributed by atoms with van der Waals surface area (Å²) in [4.78, 5) is 8.79. The van der Waals surface area contributed by atoms with Gasteiger partial charge in [-0.25, -0.2) is 17.8 Å². The molecule has 0 N–H and O–H groups in total. The average Bonchev–Trinajstić information content (AvgIpc) is 3.17. The van der Waals surface area contributed by atoms with Crippen LogP contribution in [0.1, 0.15) is 35.7 Å². The fourth-order valence-corrected chi connectivity index (χ4v) is 5.18. The van der Waals surface area contributed by atoms with Gasteiger partial charge in [-0.2, -0.15) is 4.31 Å². The van der Waals surface area contributed by atoms with Gasteiger partial charge < -0.3 is 4.57 Å². The second kappa shape index (κ2) is 8.04. The molecular formula is C21H23FN4O2S. The molecule has 1 unspecified atom stereocenters. The van der Waals surface area contributed by atoms with Crippen LogP contribution in [-0.2, 0) is 23.5 Å². The van der Waals surface area contributed by atoms with Gasteiger partial charge in [-0.1, -0.05) is 18.2 Å². The summed E-state index contributed by atoms with van der Waals surface area (Å²) >= 11 is 0. The van der Waals surface area contributed by atoms with Crippen molar-refractivity contribution in [3.63, 3.8) is 0 Å². The summed E-state index contributed by atoms with van der Waals surface area (Å²) < 4.78 is 42.1. The Morgan fingerprint density at radius 3 is 2.69 bits per heavy atom. The number of halogens is 1. The first-order chi connectivity index (χ1) is 13.9. The number of nitrogens with zero attached hydrogens (tertiary/aromatic N) is 4. The van der Waals surface area contributed by atoms with Crippen LogP contribution in [0.3, 0.4) is 0 Å². The minimum absolute atomic E-state index is 0.0374. The fourth-order valence-electron chi connectivity index (χ4n) is 3.69. The molecule has 8 heteroatoms. The number of imidazole rings is 1. The van der Waals surface area contributed by atoms with E-state index in [-0.39, 0.29) is 16.8 Å². The summed E-state index contributed by atoms with van der Waals surface area (Å²) in [5.74, 6) is -0.220. The molecule has 1 aliphatic heterocycles. The van der Waals surface area contributed by atoms with Gasteiger partial charge in [0.2, 0.25) is 0 Å². The number of pyridine rings is 1. The van der Waals surface area contributed by atoms with Crippen LogP contribution in [0.15, 0.2) is 60.0 Å². The third-order valence-corrected chi connectivity index (χ3v) is 6.97. The zero-order valence-corrected chi connectivity index (χ0v) is 17.0. The Labute approximate surface area is 170 Å². The molecule has 0 saturated carbocycles. The summed E-state index contributed by atoms with van der Waals surface area (Å²) in [5, 5.41) is 0.0821. The van der Waals surface area contributed by atoms with Crippen LogP contribution in [0.5, 0.6) is 0 Å². The van der Waals surface area contributed by atoms with Crippen LogP contribution >= 0.6 is 0 Å². The van der Waals surface area contributed by atoms with Crippen molar-refractivity contribution in [2.75, 3.05) is 13.1 Å². The molecule has 1 saturated heterocycles. The smallest absolute Gasteiger partial charge is 0.262 e. The molecule has 1 fully saturated rings. The second-order valence-electron chi connectivity index (χ2n) is 7.44. The Balaban J connectivity index is 1.52. The van der Waals surface area contributed by atoms with Crippen LogP contribution in [0.25, 0.3) is 0 Å². The minimum Gasteiger partial charge on any atom is -0.339 e. The Morgan fingerprint density at radius 1 is 1.17 bits per heavy atom. The van der Waals surface area contributed by atoms with Crippen LogP contribution in [0.4, 0.5) is 4.39 Å². The summed E-state index contributed by atoms with van der Waals surface area (Å²) in [7, 11) is -1.86. The normalized spacial score (nSPS) is 18.1. The van der Waals surface area contributed by atoms with Crippen molar-refractivity contribution in [1.82, 2.24) is 18.8 Å². The van der Waals surface area contributed by atoms with Crippen molar-refractivity contribution in [3.8, 4) is 0 Å². The number of rotatable bonds is 5. The molecule has 6 nitrogen and oxygen atoms in total. The lowest BCUT2D eigenvalue weighted by molar-refractivity contribution is 0.311. The maximum absolute atomic E-state index is 13.1. The van der Waals surface area contributed by atoms with Crippen molar-refractivity contribution < 1.29 is 12.8 Å². The molecule has 4 rings (SSSR count). The minimum atomic E-state index is -3.61. The van der Waals surface area contributed by atoms with Gasteiger partial charge in [0.25, 0.3) is 10.0 Å². The van der Waals surface area contributed by atoms with Gasteiger partial charge in [-0.05, 0) is 42.7 Å². The highest BCUT2D eigenvalue weighted by atomic mass is 32.2. The summed E-state index contributed by atoms with van der Waals surface area (Å²) in [6.45, 7) is 0.886. The van der Waals surface area contributed by atoms with Crippen LogP contribution in [0, 0.1) is 5.82 Å². The number of benzene rings is 1. The average molecular weight is 415 g/mol. The standard InChI is InChI=1S/C21H23FN4O2S/c1-25-14-21(23-15-25)29(27,28)26-11-3-4-17(13-26)20-6-2-5-19(24-20)12-16-7-9-18(22)10-8-16/h2,5-10,14-15,17H,3-4,11-13H2,1H3. The van der Waals surface area contributed by atoms with E-state index >= 15 is 0 Å². The number of aryl methyl sites for hydroxylation is 1. The SMILES string of the molecule is Cn1cnc(S(=O)(=O)N2CCCC(c3cccc(Cc4ccc(F)cc4)n3)C2)c1. The van der Waals surface area contributed by atoms with E-state index in [0.717, 1.165) is 29.8 Å². The maximum Gasteiger partial charge on any atom is 0.262 e. The third-order valence-electron chi connectivity index (χ3n) is 5.21. The molecule has 3 aromatic rings. The second-order valence-corrected chi connectivity index (χ2v) is 9.32. The highest BCUT2D eigenvalue weighted by Crippen LogP contribution is 2.29. The molecule has 1 aliphatic rings. The molecule has 0 bridgehead atoms. The fraction of sp³-hybridized carbons (Fsp3) is 0.333. The van der Waals surface area contributed by atoms with E-state index in [1.165, 1.54) is 29.0 Å². The highest BCUT2D eigenvalue weighted by molar-refractivity contribution is 7.89. The molecule has 0 radical (unpaired) electrons. The molecule has 1 aromatic carbocycles. The van der Waals surface area contributed by atoms with Gasteiger partial charge >= 0.3 is 0 Å². The van der Waals surface area contributed by atoms with Crippen molar-refractivity contribution in [2.24, 2.45) is 7.05 Å². The van der Waals surface area contributed by atoms with Crippen molar-refractivity contribution >= 4 is 10.0 Å². The first-order valence-corrected chi connectivity index (χ1v) is 11.0. The van der Waals surface area contributed by atoms with Gasteiger partial charge in [0.15, 0.2) is 5.03 Å². The molecule has 0 spiro atoms. The monoisotopic (exact) mass is 414 g/mol. The number of hydrogen-bond donors (Lipinski definition) is 0.